The Bertz CT molecular complexity index is 326. The number of hydrogen-bond acceptors (Lipinski definition) is 5. The van der Waals surface area contributed by atoms with Crippen LogP contribution in [0.25, 0.3) is 0 Å². The van der Waals surface area contributed by atoms with Crippen LogP contribution in [0.4, 0.5) is 0 Å². The molecule has 0 bridgehead atoms. The SMILES string of the molecule is O=C(O)CCN/N=C/Cc1cccnn1. The lowest BCUT2D eigenvalue weighted by Gasteiger charge is -1.95. The van der Waals surface area contributed by atoms with Crippen LogP contribution in [-0.4, -0.2) is 34.0 Å². The van der Waals surface area contributed by atoms with Crippen LogP contribution in [0.1, 0.15) is 12.1 Å². The Kier molecular flexibility index (Phi) is 4.79. The van der Waals surface area contributed by atoms with Gasteiger partial charge in [0.05, 0.1) is 12.1 Å². The van der Waals surface area contributed by atoms with Gasteiger partial charge in [-0.3, -0.25) is 4.79 Å². The number of aliphatic carboxylic acids is 1. The highest BCUT2D eigenvalue weighted by Crippen LogP contribution is 1.89. The van der Waals surface area contributed by atoms with Crippen molar-refractivity contribution in [1.82, 2.24) is 15.6 Å². The van der Waals surface area contributed by atoms with Crippen molar-refractivity contribution in [3.8, 4) is 0 Å². The molecular formula is C9H12N4O2. The molecule has 1 heterocycles. The first-order valence-corrected chi connectivity index (χ1v) is 4.52. The summed E-state index contributed by atoms with van der Waals surface area (Å²) in [7, 11) is 0. The van der Waals surface area contributed by atoms with Crippen LogP contribution < -0.4 is 5.43 Å². The van der Waals surface area contributed by atoms with E-state index in [0.717, 1.165) is 5.69 Å². The molecule has 0 aliphatic heterocycles. The van der Waals surface area contributed by atoms with Gasteiger partial charge < -0.3 is 10.5 Å². The molecule has 0 saturated carbocycles. The number of nitrogens with zero attached hydrogens (tertiary/aromatic N) is 3. The summed E-state index contributed by atoms with van der Waals surface area (Å²) in [6.07, 6.45) is 3.87. The quantitative estimate of drug-likeness (QED) is 0.392. The van der Waals surface area contributed by atoms with Gasteiger partial charge in [0.1, 0.15) is 0 Å². The van der Waals surface area contributed by atoms with Gasteiger partial charge in [-0.05, 0) is 12.1 Å². The topological polar surface area (TPSA) is 87.5 Å². The molecule has 0 radical (unpaired) electrons. The number of nitrogens with one attached hydrogen (secondary N) is 1. The van der Waals surface area contributed by atoms with Gasteiger partial charge in [0.15, 0.2) is 0 Å². The summed E-state index contributed by atoms with van der Waals surface area (Å²) in [5.74, 6) is -0.841. The monoisotopic (exact) mass is 208 g/mol. The predicted octanol–water partition coefficient (Wildman–Crippen LogP) is 0.0692. The van der Waals surface area contributed by atoms with Gasteiger partial charge in [0, 0.05) is 25.4 Å². The van der Waals surface area contributed by atoms with Gasteiger partial charge >= 0.3 is 5.97 Å². The molecule has 0 saturated heterocycles. The summed E-state index contributed by atoms with van der Waals surface area (Å²) >= 11 is 0. The predicted molar refractivity (Wildman–Crippen MR) is 54.5 cm³/mol. The van der Waals surface area contributed by atoms with Crippen LogP contribution in [0.2, 0.25) is 0 Å². The zero-order valence-corrected chi connectivity index (χ0v) is 8.13. The molecule has 0 fully saturated rings. The first-order chi connectivity index (χ1) is 7.29. The van der Waals surface area contributed by atoms with Crippen LogP contribution in [-0.2, 0) is 11.2 Å². The van der Waals surface area contributed by atoms with Crippen LogP contribution in [0.5, 0.6) is 0 Å². The third-order valence-electron chi connectivity index (χ3n) is 1.56. The fourth-order valence-electron chi connectivity index (χ4n) is 0.873. The van der Waals surface area contributed by atoms with Gasteiger partial charge in [-0.15, -0.1) is 0 Å². The van der Waals surface area contributed by atoms with Crippen LogP contribution in [0.3, 0.4) is 0 Å². The maximum atomic E-state index is 10.1. The highest BCUT2D eigenvalue weighted by Gasteiger charge is 1.93. The second-order valence-corrected chi connectivity index (χ2v) is 2.78. The van der Waals surface area contributed by atoms with Crippen molar-refractivity contribution >= 4 is 12.2 Å². The molecule has 6 heteroatoms. The number of carboxylic acid groups (broad SMARTS) is 1. The lowest BCUT2D eigenvalue weighted by Crippen LogP contribution is -2.12. The summed E-state index contributed by atoms with van der Waals surface area (Å²) in [5, 5.41) is 19.7. The van der Waals surface area contributed by atoms with Crippen LogP contribution in [0, 0.1) is 0 Å². The van der Waals surface area contributed by atoms with Crippen LogP contribution >= 0.6 is 0 Å². The van der Waals surface area contributed by atoms with Gasteiger partial charge in [0.25, 0.3) is 0 Å². The standard InChI is InChI=1S/C9H12N4O2/c14-9(15)4-7-11-10-6-3-8-2-1-5-12-13-8/h1-2,5-6,11H,3-4,7H2,(H,14,15)/b10-6+. The molecule has 1 rings (SSSR count). The molecular weight excluding hydrogens is 196 g/mol. The van der Waals surface area contributed by atoms with E-state index in [1.807, 2.05) is 6.07 Å². The molecule has 0 amide bonds. The van der Waals surface area contributed by atoms with E-state index in [1.54, 1.807) is 18.5 Å². The van der Waals surface area contributed by atoms with Crippen molar-refractivity contribution in [2.45, 2.75) is 12.8 Å². The number of aromatic nitrogens is 2. The molecule has 0 aromatic carbocycles. The molecule has 6 nitrogen and oxygen atoms in total. The van der Waals surface area contributed by atoms with Gasteiger partial charge in [-0.2, -0.15) is 15.3 Å². The van der Waals surface area contributed by atoms with E-state index >= 15 is 0 Å². The number of hydrogen-bond donors (Lipinski definition) is 2. The lowest BCUT2D eigenvalue weighted by atomic mass is 10.3. The molecule has 0 atom stereocenters. The van der Waals surface area contributed by atoms with E-state index in [2.05, 4.69) is 20.7 Å². The first-order valence-electron chi connectivity index (χ1n) is 4.52. The van der Waals surface area contributed by atoms with Gasteiger partial charge in [0.2, 0.25) is 0 Å². The van der Waals surface area contributed by atoms with E-state index < -0.39 is 5.97 Å². The molecule has 1 aromatic heterocycles. The molecule has 2 N–H and O–H groups in total. The minimum atomic E-state index is -0.841. The second-order valence-electron chi connectivity index (χ2n) is 2.78. The zero-order valence-electron chi connectivity index (χ0n) is 8.13. The molecule has 15 heavy (non-hydrogen) atoms. The fraction of sp³-hybridized carbons (Fsp3) is 0.333. The number of hydrazone groups is 1. The molecule has 1 aromatic rings. The van der Waals surface area contributed by atoms with Crippen molar-refractivity contribution in [3.05, 3.63) is 24.0 Å². The first kappa shape index (κ1) is 11.1. The van der Waals surface area contributed by atoms with Crippen molar-refractivity contribution in [1.29, 1.82) is 0 Å². The minimum Gasteiger partial charge on any atom is -0.481 e. The second kappa shape index (κ2) is 6.47. The highest BCUT2D eigenvalue weighted by atomic mass is 16.4. The average Bonchev–Trinajstić information content (AvgIpc) is 2.24. The number of carbonyl (C=O) groups is 1. The molecule has 0 spiro atoms. The Morgan fingerprint density at radius 1 is 1.67 bits per heavy atom. The van der Waals surface area contributed by atoms with E-state index in [1.165, 1.54) is 0 Å². The molecule has 80 valence electrons. The zero-order chi connectivity index (χ0) is 10.9. The summed E-state index contributed by atoms with van der Waals surface area (Å²) in [4.78, 5) is 10.1. The lowest BCUT2D eigenvalue weighted by molar-refractivity contribution is -0.136. The van der Waals surface area contributed by atoms with E-state index in [-0.39, 0.29) is 6.42 Å². The summed E-state index contributed by atoms with van der Waals surface area (Å²) < 4.78 is 0. The Morgan fingerprint density at radius 2 is 2.53 bits per heavy atom. The van der Waals surface area contributed by atoms with Crippen molar-refractivity contribution in [3.63, 3.8) is 0 Å². The van der Waals surface area contributed by atoms with E-state index in [4.69, 9.17) is 5.11 Å². The number of rotatable bonds is 6. The van der Waals surface area contributed by atoms with Crippen molar-refractivity contribution in [2.75, 3.05) is 6.54 Å². The Morgan fingerprint density at radius 3 is 3.20 bits per heavy atom. The fourth-order valence-corrected chi connectivity index (χ4v) is 0.873. The third-order valence-corrected chi connectivity index (χ3v) is 1.56. The summed E-state index contributed by atoms with van der Waals surface area (Å²) in [6, 6.07) is 3.64. The van der Waals surface area contributed by atoms with E-state index in [0.29, 0.717) is 13.0 Å². The Labute approximate surface area is 87.0 Å². The summed E-state index contributed by atoms with van der Waals surface area (Å²) in [5.41, 5.74) is 3.45. The highest BCUT2D eigenvalue weighted by molar-refractivity contribution is 5.66. The van der Waals surface area contributed by atoms with Gasteiger partial charge in [-0.1, -0.05) is 0 Å². The maximum Gasteiger partial charge on any atom is 0.305 e. The van der Waals surface area contributed by atoms with Crippen LogP contribution in [0.15, 0.2) is 23.4 Å². The Balaban J connectivity index is 2.15. The molecule has 0 aliphatic rings. The minimum absolute atomic E-state index is 0.0580. The largest absolute Gasteiger partial charge is 0.481 e. The molecule has 0 aliphatic carbocycles. The van der Waals surface area contributed by atoms with Gasteiger partial charge in [-0.25, -0.2) is 0 Å². The molecule has 0 unspecified atom stereocenters. The van der Waals surface area contributed by atoms with E-state index in [9.17, 15) is 4.79 Å². The average molecular weight is 208 g/mol. The Hall–Kier alpha value is -1.98. The van der Waals surface area contributed by atoms with Crippen molar-refractivity contribution < 1.29 is 9.90 Å². The van der Waals surface area contributed by atoms with Crippen molar-refractivity contribution in [2.24, 2.45) is 5.10 Å². The summed E-state index contributed by atoms with van der Waals surface area (Å²) in [6.45, 7) is 0.326. The normalized spacial score (nSPS) is 10.4. The smallest absolute Gasteiger partial charge is 0.305 e. The number of carboxylic acids is 1. The third kappa shape index (κ3) is 5.35. The maximum absolute atomic E-state index is 10.1.